The van der Waals surface area contributed by atoms with Crippen LogP contribution in [0.3, 0.4) is 0 Å². The monoisotopic (exact) mass is 272 g/mol. The van der Waals surface area contributed by atoms with Gasteiger partial charge in [-0.25, -0.2) is 0 Å². The van der Waals surface area contributed by atoms with Crippen LogP contribution in [0.15, 0.2) is 36.4 Å². The summed E-state index contributed by atoms with van der Waals surface area (Å²) in [6.07, 6.45) is 0.871. The van der Waals surface area contributed by atoms with E-state index in [1.165, 1.54) is 0 Å². The maximum absolute atomic E-state index is 12.5. The number of rotatable bonds is 2. The van der Waals surface area contributed by atoms with Crippen molar-refractivity contribution in [3.63, 3.8) is 0 Å². The van der Waals surface area contributed by atoms with Crippen molar-refractivity contribution in [2.24, 2.45) is 0 Å². The fraction of sp³-hybridized carbons (Fsp3) is 0.188. The number of hydrogen-bond acceptors (Lipinski definition) is 2. The molecule has 2 nitrogen and oxygen atoms in total. The number of ketones is 1. The molecule has 0 unspecified atom stereocenters. The van der Waals surface area contributed by atoms with Gasteiger partial charge >= 0.3 is 0 Å². The number of fused-ring (bicyclic) bond motifs is 1. The van der Waals surface area contributed by atoms with Gasteiger partial charge in [0, 0.05) is 22.6 Å². The van der Waals surface area contributed by atoms with Crippen molar-refractivity contribution < 1.29 is 9.53 Å². The summed E-state index contributed by atoms with van der Waals surface area (Å²) in [6, 6.07) is 11.0. The van der Waals surface area contributed by atoms with Crippen molar-refractivity contribution in [2.45, 2.75) is 13.3 Å². The summed E-state index contributed by atoms with van der Waals surface area (Å²) in [7, 11) is 0. The second-order valence-corrected chi connectivity index (χ2v) is 5.15. The number of aryl methyl sites for hydroxylation is 1. The lowest BCUT2D eigenvalue weighted by Gasteiger charge is -2.07. The fourth-order valence-electron chi connectivity index (χ4n) is 2.37. The predicted molar refractivity (Wildman–Crippen MR) is 75.3 cm³/mol. The Labute approximate surface area is 117 Å². The van der Waals surface area contributed by atoms with Crippen LogP contribution in [0, 0.1) is 6.92 Å². The molecular formula is C16H13ClO2. The Morgan fingerprint density at radius 1 is 1.21 bits per heavy atom. The molecule has 19 heavy (non-hydrogen) atoms. The molecule has 3 rings (SSSR count). The molecule has 0 aliphatic carbocycles. The molecule has 0 saturated carbocycles. The molecule has 1 aliphatic heterocycles. The van der Waals surface area contributed by atoms with Crippen LogP contribution < -0.4 is 4.74 Å². The first-order valence-corrected chi connectivity index (χ1v) is 6.59. The third-order valence-corrected chi connectivity index (χ3v) is 3.62. The van der Waals surface area contributed by atoms with Gasteiger partial charge in [-0.3, -0.25) is 4.79 Å². The smallest absolute Gasteiger partial charge is 0.193 e. The van der Waals surface area contributed by atoms with Gasteiger partial charge in [0.2, 0.25) is 0 Å². The molecule has 0 saturated heterocycles. The molecule has 0 spiro atoms. The highest BCUT2D eigenvalue weighted by atomic mass is 35.5. The van der Waals surface area contributed by atoms with Crippen LogP contribution in [0.25, 0.3) is 0 Å². The Bertz CT molecular complexity index is 662. The first-order chi connectivity index (χ1) is 9.15. The van der Waals surface area contributed by atoms with Crippen molar-refractivity contribution in [1.29, 1.82) is 0 Å². The molecule has 0 bridgehead atoms. The standard InChI is InChI=1S/C16H13ClO2/c1-10-8-13(17)3-4-14(10)16(18)12-2-5-15-11(9-12)6-7-19-15/h2-5,8-9H,6-7H2,1H3. The van der Waals surface area contributed by atoms with Crippen LogP contribution in [0.4, 0.5) is 0 Å². The van der Waals surface area contributed by atoms with Gasteiger partial charge in [0.15, 0.2) is 5.78 Å². The number of benzene rings is 2. The highest BCUT2D eigenvalue weighted by molar-refractivity contribution is 6.30. The summed E-state index contributed by atoms with van der Waals surface area (Å²) >= 11 is 5.92. The van der Waals surface area contributed by atoms with Crippen molar-refractivity contribution in [3.8, 4) is 5.75 Å². The lowest BCUT2D eigenvalue weighted by atomic mass is 9.97. The topological polar surface area (TPSA) is 26.3 Å². The Kier molecular flexibility index (Phi) is 3.03. The van der Waals surface area contributed by atoms with Gasteiger partial charge in [-0.2, -0.15) is 0 Å². The summed E-state index contributed by atoms with van der Waals surface area (Å²) in [5.41, 5.74) is 3.41. The number of carbonyl (C=O) groups is 1. The average Bonchev–Trinajstić information content (AvgIpc) is 2.85. The molecule has 0 N–H and O–H groups in total. The highest BCUT2D eigenvalue weighted by Crippen LogP contribution is 2.27. The van der Waals surface area contributed by atoms with E-state index >= 15 is 0 Å². The molecular weight excluding hydrogens is 260 g/mol. The molecule has 2 aromatic carbocycles. The Morgan fingerprint density at radius 2 is 2.05 bits per heavy atom. The van der Waals surface area contributed by atoms with Gasteiger partial charge in [0.25, 0.3) is 0 Å². The quantitative estimate of drug-likeness (QED) is 0.777. The molecule has 0 fully saturated rings. The van der Waals surface area contributed by atoms with Gasteiger partial charge in [0.1, 0.15) is 5.75 Å². The van der Waals surface area contributed by atoms with E-state index in [1.54, 1.807) is 12.1 Å². The largest absolute Gasteiger partial charge is 0.493 e. The third-order valence-electron chi connectivity index (χ3n) is 3.38. The summed E-state index contributed by atoms with van der Waals surface area (Å²) in [5.74, 6) is 0.924. The zero-order valence-corrected chi connectivity index (χ0v) is 11.3. The number of hydrogen-bond donors (Lipinski definition) is 0. The van der Waals surface area contributed by atoms with E-state index in [0.717, 1.165) is 23.3 Å². The molecule has 3 heteroatoms. The van der Waals surface area contributed by atoms with E-state index in [2.05, 4.69) is 0 Å². The van der Waals surface area contributed by atoms with Crippen molar-refractivity contribution in [2.75, 3.05) is 6.61 Å². The molecule has 1 aliphatic rings. The molecule has 96 valence electrons. The number of carbonyl (C=O) groups excluding carboxylic acids is 1. The normalized spacial score (nSPS) is 12.9. The minimum absolute atomic E-state index is 0.0314. The van der Waals surface area contributed by atoms with Crippen molar-refractivity contribution in [3.05, 3.63) is 63.7 Å². The molecule has 0 atom stereocenters. The van der Waals surface area contributed by atoms with Gasteiger partial charge in [0.05, 0.1) is 6.61 Å². The second-order valence-electron chi connectivity index (χ2n) is 4.71. The predicted octanol–water partition coefficient (Wildman–Crippen LogP) is 3.81. The van der Waals surface area contributed by atoms with Gasteiger partial charge in [-0.15, -0.1) is 0 Å². The first-order valence-electron chi connectivity index (χ1n) is 6.22. The lowest BCUT2D eigenvalue weighted by molar-refractivity contribution is 0.103. The number of ether oxygens (including phenoxy) is 1. The van der Waals surface area contributed by atoms with E-state index in [4.69, 9.17) is 16.3 Å². The molecule has 1 heterocycles. The Hall–Kier alpha value is -1.80. The summed E-state index contributed by atoms with van der Waals surface area (Å²) in [5, 5.41) is 0.649. The maximum atomic E-state index is 12.5. The second kappa shape index (κ2) is 4.71. The minimum Gasteiger partial charge on any atom is -0.493 e. The van der Waals surface area contributed by atoms with Crippen LogP contribution in [0.1, 0.15) is 27.0 Å². The molecule has 0 amide bonds. The zero-order valence-electron chi connectivity index (χ0n) is 10.6. The van der Waals surface area contributed by atoms with Crippen molar-refractivity contribution >= 4 is 17.4 Å². The lowest BCUT2D eigenvalue weighted by Crippen LogP contribution is -2.04. The molecule has 0 aromatic heterocycles. The van der Waals surface area contributed by atoms with E-state index in [1.807, 2.05) is 31.2 Å². The van der Waals surface area contributed by atoms with Crippen molar-refractivity contribution in [1.82, 2.24) is 0 Å². The zero-order chi connectivity index (χ0) is 13.4. The third kappa shape index (κ3) is 2.24. The number of halogens is 1. The SMILES string of the molecule is Cc1cc(Cl)ccc1C(=O)c1ccc2c(c1)CCO2. The summed E-state index contributed by atoms with van der Waals surface area (Å²) in [4.78, 5) is 12.5. The maximum Gasteiger partial charge on any atom is 0.193 e. The minimum atomic E-state index is 0.0314. The average molecular weight is 273 g/mol. The molecule has 2 aromatic rings. The van der Waals surface area contributed by atoms with Gasteiger partial charge in [-0.05, 0) is 54.4 Å². The van der Waals surface area contributed by atoms with Gasteiger partial charge < -0.3 is 4.74 Å². The van der Waals surface area contributed by atoms with Crippen LogP contribution in [-0.4, -0.2) is 12.4 Å². The van der Waals surface area contributed by atoms with E-state index in [-0.39, 0.29) is 5.78 Å². The van der Waals surface area contributed by atoms with Crippen LogP contribution >= 0.6 is 11.6 Å². The fourth-order valence-corrected chi connectivity index (χ4v) is 2.59. The first kappa shape index (κ1) is 12.2. The van der Waals surface area contributed by atoms with Crippen LogP contribution in [0.2, 0.25) is 5.02 Å². The summed E-state index contributed by atoms with van der Waals surface area (Å²) in [6.45, 7) is 2.60. The van der Waals surface area contributed by atoms with Crippen LogP contribution in [-0.2, 0) is 6.42 Å². The summed E-state index contributed by atoms with van der Waals surface area (Å²) < 4.78 is 5.45. The van der Waals surface area contributed by atoms with E-state index in [9.17, 15) is 4.79 Å². The Balaban J connectivity index is 2.00. The van der Waals surface area contributed by atoms with Crippen LogP contribution in [0.5, 0.6) is 5.75 Å². The van der Waals surface area contributed by atoms with E-state index in [0.29, 0.717) is 22.8 Å². The highest BCUT2D eigenvalue weighted by Gasteiger charge is 2.17. The van der Waals surface area contributed by atoms with E-state index < -0.39 is 0 Å². The Morgan fingerprint density at radius 3 is 2.84 bits per heavy atom. The van der Waals surface area contributed by atoms with Gasteiger partial charge in [-0.1, -0.05) is 11.6 Å². The molecule has 0 radical (unpaired) electrons.